The Hall–Kier alpha value is -3.05. The summed E-state index contributed by atoms with van der Waals surface area (Å²) in [6, 6.07) is -2.62. The number of amides is 2. The van der Waals surface area contributed by atoms with Gasteiger partial charge in [-0.25, -0.2) is 4.79 Å². The minimum Gasteiger partial charge on any atom is -0.477 e. The van der Waals surface area contributed by atoms with Gasteiger partial charge in [0.25, 0.3) is 5.79 Å². The van der Waals surface area contributed by atoms with E-state index in [4.69, 9.17) is 28.4 Å². The van der Waals surface area contributed by atoms with Gasteiger partial charge in [0.1, 0.15) is 67.1 Å². The predicted molar refractivity (Wildman–Crippen MR) is 384 cm³/mol. The highest BCUT2D eigenvalue weighted by Crippen LogP contribution is 2.39. The fraction of sp³-hybridized carbons (Fsp3) is 0.883. The zero-order valence-corrected chi connectivity index (χ0v) is 61.6. The molecule has 23 heteroatoms. The van der Waals surface area contributed by atoms with Crippen molar-refractivity contribution in [2.75, 3.05) is 26.4 Å². The molecule has 100 heavy (non-hydrogen) atoms. The summed E-state index contributed by atoms with van der Waals surface area (Å²) in [4.78, 5) is 38.7. The fourth-order valence-corrected chi connectivity index (χ4v) is 13.6. The molecule has 14 N–H and O–H groups in total. The lowest BCUT2D eigenvalue weighted by Gasteiger charge is -2.50. The molecule has 3 aliphatic heterocycles. The van der Waals surface area contributed by atoms with Gasteiger partial charge in [-0.15, -0.1) is 0 Å². The summed E-state index contributed by atoms with van der Waals surface area (Å²) >= 11 is 0. The van der Waals surface area contributed by atoms with Gasteiger partial charge in [0.15, 0.2) is 12.6 Å². The number of carboxylic acid groups (broad SMARTS) is 1. The monoisotopic (exact) mass is 1430 g/mol. The Bertz CT molecular complexity index is 2140. The van der Waals surface area contributed by atoms with Gasteiger partial charge in [-0.1, -0.05) is 262 Å². The molecule has 0 spiro atoms. The summed E-state index contributed by atoms with van der Waals surface area (Å²) in [6.45, 7) is 2.16. The van der Waals surface area contributed by atoms with Crippen molar-refractivity contribution in [1.29, 1.82) is 0 Å². The molecule has 0 saturated carbocycles. The number of aliphatic hydroxyl groups excluding tert-OH is 11. The Labute approximate surface area is 599 Å². The molecule has 0 aromatic carbocycles. The molecular formula is C77H140N2O21. The molecule has 23 nitrogen and oxygen atoms in total. The second kappa shape index (κ2) is 56.3. The van der Waals surface area contributed by atoms with Crippen LogP contribution in [0.3, 0.4) is 0 Å². The number of hydrogen-bond acceptors (Lipinski definition) is 20. The summed E-state index contributed by atoms with van der Waals surface area (Å²) in [5, 5.41) is 136. The molecule has 0 radical (unpaired) electrons. The van der Waals surface area contributed by atoms with E-state index in [1.165, 1.54) is 193 Å². The highest BCUT2D eigenvalue weighted by Gasteiger charge is 2.60. The molecule has 3 rings (SSSR count). The van der Waals surface area contributed by atoms with Crippen molar-refractivity contribution in [3.05, 3.63) is 36.5 Å². The topological polar surface area (TPSA) is 373 Å². The summed E-state index contributed by atoms with van der Waals surface area (Å²) in [5.74, 6) is -6.14. The normalized spacial score (nSPS) is 27.1. The van der Waals surface area contributed by atoms with Gasteiger partial charge < -0.3 is 100 Å². The molecule has 2 amide bonds. The van der Waals surface area contributed by atoms with E-state index in [1.54, 1.807) is 6.08 Å². The average molecular weight is 1430 g/mol. The largest absolute Gasteiger partial charge is 0.477 e. The van der Waals surface area contributed by atoms with Gasteiger partial charge >= 0.3 is 5.97 Å². The van der Waals surface area contributed by atoms with Crippen LogP contribution in [0, 0.1) is 0 Å². The number of aliphatic carboxylic acids is 1. The summed E-state index contributed by atoms with van der Waals surface area (Å²) in [7, 11) is 0. The Morgan fingerprint density at radius 2 is 0.970 bits per heavy atom. The highest BCUT2D eigenvalue weighted by atomic mass is 16.8. The van der Waals surface area contributed by atoms with Crippen LogP contribution in [0.4, 0.5) is 0 Å². The van der Waals surface area contributed by atoms with Crippen LogP contribution in [0.1, 0.15) is 297 Å². The van der Waals surface area contributed by atoms with Crippen LogP contribution in [0.25, 0.3) is 0 Å². The third-order valence-electron chi connectivity index (χ3n) is 19.8. The van der Waals surface area contributed by atoms with Gasteiger partial charge in [-0.3, -0.25) is 9.59 Å². The maximum atomic E-state index is 13.5. The van der Waals surface area contributed by atoms with E-state index in [0.29, 0.717) is 12.8 Å². The standard InChI is InChI=1S/C77H140N2O21/c1-4-6-8-10-12-14-16-18-20-22-23-24-25-26-27-28-29-30-31-32-33-35-37-39-41-43-45-47-49-51-64(87)79-58(59(84)50-48-46-44-42-40-38-36-34-21-19-17-15-13-11-9-7-5-2)56-95-74-69(91)68(90)71(63(55-82)97-74)98-75-70(92)73(67(89)62(54-81)96-75)100-77(76(93)94)52-60(85)65(78-57(3)83)72(99-77)66(88)61(86)53-80/h23-24,26-27,48,50,58-63,65-75,80-82,84-86,88-92H,4-22,25,28-47,49,51-56H2,1-3H3,(H,78,83)(H,79,87)(H,93,94)/b24-23-,27-26-,50-48+. The summed E-state index contributed by atoms with van der Waals surface area (Å²) in [6.07, 6.45) is 33.2. The number of rotatable bonds is 61. The van der Waals surface area contributed by atoms with Crippen LogP contribution >= 0.6 is 0 Å². The molecule has 18 unspecified atom stereocenters. The van der Waals surface area contributed by atoms with E-state index >= 15 is 0 Å². The van der Waals surface area contributed by atoms with Crippen molar-refractivity contribution in [3.63, 3.8) is 0 Å². The van der Waals surface area contributed by atoms with E-state index in [9.17, 15) is 75.7 Å². The van der Waals surface area contributed by atoms with Gasteiger partial charge in [0.05, 0.1) is 50.7 Å². The lowest BCUT2D eigenvalue weighted by Crippen LogP contribution is -2.70. The first-order valence-electron chi connectivity index (χ1n) is 39.4. The third-order valence-corrected chi connectivity index (χ3v) is 19.8. The van der Waals surface area contributed by atoms with Crippen molar-refractivity contribution in [1.82, 2.24) is 10.6 Å². The van der Waals surface area contributed by atoms with Crippen molar-refractivity contribution in [2.45, 2.75) is 407 Å². The maximum Gasteiger partial charge on any atom is 0.364 e. The Morgan fingerprint density at radius 3 is 1.41 bits per heavy atom. The summed E-state index contributed by atoms with van der Waals surface area (Å²) in [5.41, 5.74) is 0. The highest BCUT2D eigenvalue weighted by molar-refractivity contribution is 5.77. The number of ether oxygens (including phenoxy) is 6. The SMILES string of the molecule is CCCCCCCCCCC/C=C\C/C=C\CCCCCCCCCCCCCCCC(=O)NC(COC1OC(CO)C(OC2OC(CO)C(O)C(OC3(C(=O)O)CC(O)C(NC(C)=O)C(C(O)C(O)CO)O3)C2O)C(O)C1O)C(O)/C=C/CCCCCCCCCCCCCCCCC. The Morgan fingerprint density at radius 1 is 0.530 bits per heavy atom. The van der Waals surface area contributed by atoms with Crippen LogP contribution < -0.4 is 10.6 Å². The van der Waals surface area contributed by atoms with Crippen LogP contribution in [-0.2, 0) is 42.8 Å². The lowest BCUT2D eigenvalue weighted by atomic mass is 9.88. The molecule has 0 aromatic rings. The number of nitrogens with one attached hydrogen (secondary N) is 2. The van der Waals surface area contributed by atoms with Crippen molar-refractivity contribution in [2.24, 2.45) is 0 Å². The minimum absolute atomic E-state index is 0.199. The van der Waals surface area contributed by atoms with Gasteiger partial charge in [-0.05, 0) is 51.4 Å². The molecular weight excluding hydrogens is 1290 g/mol. The molecule has 3 fully saturated rings. The van der Waals surface area contributed by atoms with Crippen LogP contribution in [0.2, 0.25) is 0 Å². The molecule has 0 aromatic heterocycles. The molecule has 584 valence electrons. The van der Waals surface area contributed by atoms with E-state index in [1.807, 2.05) is 6.08 Å². The van der Waals surface area contributed by atoms with Crippen LogP contribution in [0.5, 0.6) is 0 Å². The molecule has 3 aliphatic rings. The fourth-order valence-electron chi connectivity index (χ4n) is 13.6. The number of hydrogen-bond donors (Lipinski definition) is 14. The number of carbonyl (C=O) groups is 3. The summed E-state index contributed by atoms with van der Waals surface area (Å²) < 4.78 is 34.9. The van der Waals surface area contributed by atoms with Gasteiger partial charge in [0, 0.05) is 19.8 Å². The van der Waals surface area contributed by atoms with E-state index in [2.05, 4.69) is 48.8 Å². The lowest BCUT2D eigenvalue weighted by molar-refractivity contribution is -0.386. The van der Waals surface area contributed by atoms with Crippen molar-refractivity contribution >= 4 is 17.8 Å². The Kier molecular flexibility index (Phi) is 51.3. The minimum atomic E-state index is -3.08. The number of unbranched alkanes of at least 4 members (excludes halogenated alkanes) is 37. The Balaban J connectivity index is 1.51. The zero-order valence-electron chi connectivity index (χ0n) is 61.6. The first-order valence-corrected chi connectivity index (χ1v) is 39.4. The molecule has 0 aliphatic carbocycles. The third kappa shape index (κ3) is 36.8. The quantitative estimate of drug-likeness (QED) is 0.0199. The second-order valence-electron chi connectivity index (χ2n) is 28.6. The van der Waals surface area contributed by atoms with Gasteiger partial charge in [0.2, 0.25) is 11.8 Å². The predicted octanol–water partition coefficient (Wildman–Crippen LogP) is 9.74. The van der Waals surface area contributed by atoms with E-state index in [0.717, 1.165) is 64.7 Å². The molecule has 3 heterocycles. The average Bonchev–Trinajstić information content (AvgIpc) is 0.755. The van der Waals surface area contributed by atoms with Crippen LogP contribution in [-0.4, -0.2) is 215 Å². The molecule has 0 bridgehead atoms. The van der Waals surface area contributed by atoms with Crippen molar-refractivity contribution < 1.29 is 104 Å². The van der Waals surface area contributed by atoms with Crippen LogP contribution in [0.15, 0.2) is 36.5 Å². The second-order valence-corrected chi connectivity index (χ2v) is 28.6. The van der Waals surface area contributed by atoms with E-state index in [-0.39, 0.29) is 12.3 Å². The maximum absolute atomic E-state index is 13.5. The molecule has 18 atom stereocenters. The van der Waals surface area contributed by atoms with Gasteiger partial charge in [-0.2, -0.15) is 0 Å². The smallest absolute Gasteiger partial charge is 0.364 e. The number of aliphatic hydroxyl groups is 11. The number of carboxylic acids is 1. The number of allylic oxidation sites excluding steroid dienone is 5. The first-order chi connectivity index (χ1) is 48.4. The van der Waals surface area contributed by atoms with E-state index < -0.39 is 155 Å². The zero-order chi connectivity index (χ0) is 73.2. The first kappa shape index (κ1) is 91.2. The van der Waals surface area contributed by atoms with Crippen molar-refractivity contribution in [3.8, 4) is 0 Å². The number of carbonyl (C=O) groups excluding carboxylic acids is 2. The molecule has 3 saturated heterocycles.